The van der Waals surface area contributed by atoms with Crippen LogP contribution in [-0.4, -0.2) is 6.04 Å². The van der Waals surface area contributed by atoms with Crippen molar-refractivity contribution in [1.29, 1.82) is 0 Å². The van der Waals surface area contributed by atoms with Crippen LogP contribution in [0.4, 0.5) is 0 Å². The van der Waals surface area contributed by atoms with Gasteiger partial charge in [-0.15, -0.1) is 0 Å². The van der Waals surface area contributed by atoms with Gasteiger partial charge in [-0.05, 0) is 24.3 Å². The molecule has 16 heavy (non-hydrogen) atoms. The van der Waals surface area contributed by atoms with Gasteiger partial charge in [0.1, 0.15) is 0 Å². The van der Waals surface area contributed by atoms with Crippen LogP contribution in [0.15, 0.2) is 24.3 Å². The number of nitrogens with one attached hydrogen (secondary N) is 1. The first kappa shape index (κ1) is 13.2. The minimum atomic E-state index is 0.332. The van der Waals surface area contributed by atoms with Crippen LogP contribution in [0, 0.1) is 12.3 Å². The van der Waals surface area contributed by atoms with Crippen LogP contribution in [0.25, 0.3) is 0 Å². The van der Waals surface area contributed by atoms with Crippen LogP contribution >= 0.6 is 0 Å². The van der Waals surface area contributed by atoms with E-state index in [9.17, 15) is 0 Å². The summed E-state index contributed by atoms with van der Waals surface area (Å²) in [7, 11) is 0. The summed E-state index contributed by atoms with van der Waals surface area (Å²) in [6, 6.07) is 9.29. The Morgan fingerprint density at radius 2 is 1.94 bits per heavy atom. The number of hydrogen-bond donors (Lipinski definition) is 1. The Morgan fingerprint density at radius 1 is 1.25 bits per heavy atom. The lowest BCUT2D eigenvalue weighted by Gasteiger charge is -2.31. The maximum absolute atomic E-state index is 3.65. The Morgan fingerprint density at radius 3 is 2.44 bits per heavy atom. The third-order valence-corrected chi connectivity index (χ3v) is 3.09. The first-order valence-electron chi connectivity index (χ1n) is 6.22. The summed E-state index contributed by atoms with van der Waals surface area (Å²) in [6.45, 7) is 12.3. The van der Waals surface area contributed by atoms with E-state index in [-0.39, 0.29) is 0 Å². The average molecular weight is 219 g/mol. The molecule has 1 heteroatoms. The van der Waals surface area contributed by atoms with Gasteiger partial charge in [-0.3, -0.25) is 0 Å². The van der Waals surface area contributed by atoms with Crippen molar-refractivity contribution in [2.24, 2.45) is 5.41 Å². The average Bonchev–Trinajstić information content (AvgIpc) is 2.16. The van der Waals surface area contributed by atoms with Crippen molar-refractivity contribution >= 4 is 0 Å². The zero-order chi connectivity index (χ0) is 12.2. The summed E-state index contributed by atoms with van der Waals surface area (Å²) in [5.74, 6) is 0. The lowest BCUT2D eigenvalue weighted by atomic mass is 9.85. The number of benzene rings is 1. The molecule has 0 fully saturated rings. The highest BCUT2D eigenvalue weighted by molar-refractivity contribution is 5.22. The van der Waals surface area contributed by atoms with Gasteiger partial charge in [0.15, 0.2) is 0 Å². The van der Waals surface area contributed by atoms with Crippen LogP contribution in [0.5, 0.6) is 0 Å². The molecular formula is C15H25N. The predicted octanol–water partition coefficient (Wildman–Crippen LogP) is 3.91. The molecule has 0 aliphatic heterocycles. The summed E-state index contributed by atoms with van der Waals surface area (Å²) in [5.41, 5.74) is 3.05. The van der Waals surface area contributed by atoms with E-state index in [1.54, 1.807) is 0 Å². The molecule has 90 valence electrons. The smallest absolute Gasteiger partial charge is 0.0208 e. The summed E-state index contributed by atoms with van der Waals surface area (Å²) in [6.07, 6.45) is 1.18. The Kier molecular flexibility index (Phi) is 4.55. The van der Waals surface area contributed by atoms with E-state index in [1.807, 2.05) is 0 Å². The Hall–Kier alpha value is -0.820. The molecule has 0 saturated carbocycles. The Balaban J connectivity index is 2.56. The molecule has 1 atom stereocenters. The monoisotopic (exact) mass is 219 g/mol. The lowest BCUT2D eigenvalue weighted by molar-refractivity contribution is 0.259. The van der Waals surface area contributed by atoms with E-state index >= 15 is 0 Å². The second-order valence-corrected chi connectivity index (χ2v) is 5.70. The van der Waals surface area contributed by atoms with Crippen LogP contribution < -0.4 is 5.32 Å². The molecule has 0 saturated heterocycles. The zero-order valence-corrected chi connectivity index (χ0v) is 11.3. The van der Waals surface area contributed by atoms with Crippen molar-refractivity contribution in [3.05, 3.63) is 35.4 Å². The third-order valence-electron chi connectivity index (χ3n) is 3.09. The lowest BCUT2D eigenvalue weighted by Crippen LogP contribution is -2.39. The van der Waals surface area contributed by atoms with Gasteiger partial charge in [-0.2, -0.15) is 0 Å². The number of aryl methyl sites for hydroxylation is 1. The summed E-state index contributed by atoms with van der Waals surface area (Å²) < 4.78 is 0. The Labute approximate surface area is 100 Å². The van der Waals surface area contributed by atoms with Gasteiger partial charge in [-0.25, -0.2) is 0 Å². The van der Waals surface area contributed by atoms with Gasteiger partial charge in [-0.1, -0.05) is 57.5 Å². The molecule has 0 aromatic heterocycles. The topological polar surface area (TPSA) is 12.0 Å². The highest BCUT2D eigenvalue weighted by Gasteiger charge is 2.21. The van der Waals surface area contributed by atoms with Crippen molar-refractivity contribution < 1.29 is 0 Å². The molecular weight excluding hydrogens is 194 g/mol. The molecule has 1 unspecified atom stereocenters. The first-order valence-corrected chi connectivity index (χ1v) is 6.22. The molecule has 1 rings (SSSR count). The van der Waals surface area contributed by atoms with Crippen molar-refractivity contribution in [3.8, 4) is 0 Å². The van der Waals surface area contributed by atoms with Crippen LogP contribution in [0.2, 0.25) is 0 Å². The minimum absolute atomic E-state index is 0.332. The first-order chi connectivity index (χ1) is 7.43. The predicted molar refractivity (Wildman–Crippen MR) is 71.6 cm³/mol. The Bertz CT molecular complexity index is 322. The van der Waals surface area contributed by atoms with E-state index in [2.05, 4.69) is 64.2 Å². The van der Waals surface area contributed by atoms with Gasteiger partial charge in [0.2, 0.25) is 0 Å². The second kappa shape index (κ2) is 5.49. The molecule has 1 nitrogen and oxygen atoms in total. The standard InChI is InChI=1S/C15H25N/c1-6-14(15(3,4)5)16-11-13-9-7-8-12(2)10-13/h7-10,14,16H,6,11H2,1-5H3. The van der Waals surface area contributed by atoms with Gasteiger partial charge in [0.25, 0.3) is 0 Å². The fraction of sp³-hybridized carbons (Fsp3) is 0.600. The zero-order valence-electron chi connectivity index (χ0n) is 11.3. The maximum Gasteiger partial charge on any atom is 0.0208 e. The SMILES string of the molecule is CCC(NCc1cccc(C)c1)C(C)(C)C. The molecule has 0 radical (unpaired) electrons. The van der Waals surface area contributed by atoms with Gasteiger partial charge >= 0.3 is 0 Å². The molecule has 0 heterocycles. The largest absolute Gasteiger partial charge is 0.309 e. The second-order valence-electron chi connectivity index (χ2n) is 5.70. The quantitative estimate of drug-likeness (QED) is 0.809. The molecule has 0 aliphatic rings. The molecule has 0 amide bonds. The van der Waals surface area contributed by atoms with Gasteiger partial charge in [0, 0.05) is 12.6 Å². The summed E-state index contributed by atoms with van der Waals surface area (Å²) in [5, 5.41) is 3.65. The van der Waals surface area contributed by atoms with Crippen molar-refractivity contribution in [2.45, 2.75) is 53.6 Å². The van der Waals surface area contributed by atoms with Crippen LogP contribution in [0.1, 0.15) is 45.2 Å². The fourth-order valence-corrected chi connectivity index (χ4v) is 2.13. The van der Waals surface area contributed by atoms with E-state index in [0.29, 0.717) is 11.5 Å². The van der Waals surface area contributed by atoms with E-state index in [1.165, 1.54) is 17.5 Å². The minimum Gasteiger partial charge on any atom is -0.309 e. The highest BCUT2D eigenvalue weighted by atomic mass is 14.9. The van der Waals surface area contributed by atoms with Crippen LogP contribution in [0.3, 0.4) is 0 Å². The van der Waals surface area contributed by atoms with Crippen LogP contribution in [-0.2, 0) is 6.54 Å². The summed E-state index contributed by atoms with van der Waals surface area (Å²) >= 11 is 0. The molecule has 1 aromatic carbocycles. The van der Waals surface area contributed by atoms with Crippen molar-refractivity contribution in [2.75, 3.05) is 0 Å². The van der Waals surface area contributed by atoms with E-state index in [0.717, 1.165) is 6.54 Å². The maximum atomic E-state index is 3.65. The molecule has 1 aromatic rings. The van der Waals surface area contributed by atoms with Crippen molar-refractivity contribution in [1.82, 2.24) is 5.32 Å². The molecule has 1 N–H and O–H groups in total. The van der Waals surface area contributed by atoms with E-state index in [4.69, 9.17) is 0 Å². The normalized spacial score (nSPS) is 13.8. The third kappa shape index (κ3) is 3.97. The highest BCUT2D eigenvalue weighted by Crippen LogP contribution is 2.21. The van der Waals surface area contributed by atoms with Gasteiger partial charge < -0.3 is 5.32 Å². The molecule has 0 bridgehead atoms. The number of hydrogen-bond acceptors (Lipinski definition) is 1. The van der Waals surface area contributed by atoms with Crippen molar-refractivity contribution in [3.63, 3.8) is 0 Å². The van der Waals surface area contributed by atoms with Gasteiger partial charge in [0.05, 0.1) is 0 Å². The number of rotatable bonds is 4. The van der Waals surface area contributed by atoms with E-state index < -0.39 is 0 Å². The molecule has 0 aliphatic carbocycles. The fourth-order valence-electron chi connectivity index (χ4n) is 2.13. The molecule has 0 spiro atoms. The summed E-state index contributed by atoms with van der Waals surface area (Å²) in [4.78, 5) is 0.